The van der Waals surface area contributed by atoms with Gasteiger partial charge in [-0.05, 0) is 0 Å². The van der Waals surface area contributed by atoms with Gasteiger partial charge in [-0.1, -0.05) is 5.92 Å². The van der Waals surface area contributed by atoms with E-state index in [0.29, 0.717) is 32.3 Å². The van der Waals surface area contributed by atoms with Gasteiger partial charge in [0.2, 0.25) is 11.9 Å². The summed E-state index contributed by atoms with van der Waals surface area (Å²) in [6, 6.07) is 0.150. The van der Waals surface area contributed by atoms with E-state index in [-0.39, 0.29) is 18.6 Å². The lowest BCUT2D eigenvalue weighted by molar-refractivity contribution is 0.122. The van der Waals surface area contributed by atoms with Crippen LogP contribution in [0.25, 0.3) is 0 Å². The van der Waals surface area contributed by atoms with Crippen molar-refractivity contribution in [2.24, 2.45) is 5.84 Å². The molecule has 0 radical (unpaired) electrons. The van der Waals surface area contributed by atoms with Gasteiger partial charge >= 0.3 is 6.01 Å². The quantitative estimate of drug-likeness (QED) is 0.399. The minimum atomic E-state index is 0.0938. The molecular formula is C10H14N6O2. The molecule has 1 aromatic heterocycles. The lowest BCUT2D eigenvalue weighted by Gasteiger charge is -2.26. The van der Waals surface area contributed by atoms with Gasteiger partial charge < -0.3 is 14.4 Å². The molecule has 1 aliphatic rings. The van der Waals surface area contributed by atoms with Gasteiger partial charge in [0.1, 0.15) is 0 Å². The molecule has 3 N–H and O–H groups in total. The number of hydrazine groups is 1. The van der Waals surface area contributed by atoms with Crippen LogP contribution in [0, 0.1) is 12.3 Å². The van der Waals surface area contributed by atoms with Crippen LogP contribution in [0.2, 0.25) is 0 Å². The topological polar surface area (TPSA) is 98.4 Å². The van der Waals surface area contributed by atoms with E-state index in [4.69, 9.17) is 21.7 Å². The van der Waals surface area contributed by atoms with Gasteiger partial charge in [-0.3, -0.25) is 5.43 Å². The summed E-state index contributed by atoms with van der Waals surface area (Å²) >= 11 is 0. The number of terminal acetylenes is 1. The number of rotatable bonds is 4. The van der Waals surface area contributed by atoms with Crippen molar-refractivity contribution in [3.63, 3.8) is 0 Å². The van der Waals surface area contributed by atoms with Crippen molar-refractivity contribution in [1.29, 1.82) is 0 Å². The molecule has 0 aliphatic carbocycles. The average molecular weight is 250 g/mol. The second-order valence-corrected chi connectivity index (χ2v) is 3.48. The van der Waals surface area contributed by atoms with E-state index < -0.39 is 0 Å². The zero-order chi connectivity index (χ0) is 12.8. The van der Waals surface area contributed by atoms with Crippen LogP contribution < -0.4 is 20.9 Å². The van der Waals surface area contributed by atoms with E-state index in [1.165, 1.54) is 0 Å². The Bertz CT molecular complexity index is 440. The predicted molar refractivity (Wildman–Crippen MR) is 65.0 cm³/mol. The van der Waals surface area contributed by atoms with Gasteiger partial charge in [-0.25, -0.2) is 5.84 Å². The molecule has 0 unspecified atom stereocenters. The standard InChI is InChI=1S/C10H14N6O2/c1-2-5-18-10-13-8(15-11)12-9(14-10)16-3-6-17-7-4-16/h1H,3-7,11H2,(H,12,13,14,15). The third kappa shape index (κ3) is 2.97. The summed E-state index contributed by atoms with van der Waals surface area (Å²) in [4.78, 5) is 14.3. The third-order valence-corrected chi connectivity index (χ3v) is 2.31. The maximum absolute atomic E-state index is 5.30. The number of hydrogen-bond acceptors (Lipinski definition) is 8. The first-order valence-corrected chi connectivity index (χ1v) is 5.45. The molecule has 2 rings (SSSR count). The van der Waals surface area contributed by atoms with Crippen molar-refractivity contribution in [2.75, 3.05) is 43.2 Å². The van der Waals surface area contributed by atoms with Crippen LogP contribution in [0.1, 0.15) is 0 Å². The number of nitrogen functional groups attached to an aromatic ring is 1. The Balaban J connectivity index is 2.19. The highest BCUT2D eigenvalue weighted by atomic mass is 16.5. The largest absolute Gasteiger partial charge is 0.450 e. The predicted octanol–water partition coefficient (Wildman–Crippen LogP) is -0.994. The van der Waals surface area contributed by atoms with Crippen molar-refractivity contribution in [2.45, 2.75) is 0 Å². The maximum atomic E-state index is 5.30. The Kier molecular flexibility index (Phi) is 4.11. The number of ether oxygens (including phenoxy) is 2. The summed E-state index contributed by atoms with van der Waals surface area (Å²) in [6.45, 7) is 2.79. The molecule has 8 heteroatoms. The van der Waals surface area contributed by atoms with Crippen LogP contribution in [0.15, 0.2) is 0 Å². The third-order valence-electron chi connectivity index (χ3n) is 2.31. The van der Waals surface area contributed by atoms with Gasteiger partial charge in [-0.15, -0.1) is 6.42 Å². The minimum absolute atomic E-state index is 0.0938. The first-order valence-electron chi connectivity index (χ1n) is 5.45. The Hall–Kier alpha value is -2.11. The molecule has 1 aliphatic heterocycles. The van der Waals surface area contributed by atoms with E-state index in [1.807, 2.05) is 4.90 Å². The van der Waals surface area contributed by atoms with Gasteiger partial charge in [-0.2, -0.15) is 15.0 Å². The molecule has 0 aromatic carbocycles. The number of morpholine rings is 1. The van der Waals surface area contributed by atoms with Crippen molar-refractivity contribution < 1.29 is 9.47 Å². The Labute approximate surface area is 104 Å². The Morgan fingerprint density at radius 2 is 2.17 bits per heavy atom. The van der Waals surface area contributed by atoms with Gasteiger partial charge in [0.25, 0.3) is 0 Å². The van der Waals surface area contributed by atoms with Crippen LogP contribution in [-0.4, -0.2) is 47.9 Å². The van der Waals surface area contributed by atoms with Gasteiger partial charge in [0.15, 0.2) is 6.61 Å². The van der Waals surface area contributed by atoms with E-state index in [1.54, 1.807) is 0 Å². The molecule has 1 fully saturated rings. The first-order chi connectivity index (χ1) is 8.83. The molecule has 0 amide bonds. The summed E-state index contributed by atoms with van der Waals surface area (Å²) in [6.07, 6.45) is 5.11. The molecule has 0 atom stereocenters. The van der Waals surface area contributed by atoms with E-state index in [2.05, 4.69) is 26.3 Å². The summed E-state index contributed by atoms with van der Waals surface area (Å²) in [5.41, 5.74) is 2.37. The van der Waals surface area contributed by atoms with Crippen LogP contribution in [-0.2, 0) is 4.74 Å². The minimum Gasteiger partial charge on any atom is -0.450 e. The first kappa shape index (κ1) is 12.3. The lowest BCUT2D eigenvalue weighted by atomic mass is 10.4. The summed E-state index contributed by atoms with van der Waals surface area (Å²) in [5, 5.41) is 0. The van der Waals surface area contributed by atoms with E-state index in [9.17, 15) is 0 Å². The Morgan fingerprint density at radius 3 is 2.83 bits per heavy atom. The normalized spacial score (nSPS) is 15.0. The fourth-order valence-electron chi connectivity index (χ4n) is 1.49. The fourth-order valence-corrected chi connectivity index (χ4v) is 1.49. The molecule has 18 heavy (non-hydrogen) atoms. The highest BCUT2D eigenvalue weighted by Gasteiger charge is 2.16. The number of nitrogens with one attached hydrogen (secondary N) is 1. The molecule has 2 heterocycles. The highest BCUT2D eigenvalue weighted by Crippen LogP contribution is 2.15. The molecule has 1 aromatic rings. The van der Waals surface area contributed by atoms with Crippen LogP contribution in [0.4, 0.5) is 11.9 Å². The molecular weight excluding hydrogens is 236 g/mol. The zero-order valence-corrected chi connectivity index (χ0v) is 9.80. The highest BCUT2D eigenvalue weighted by molar-refractivity contribution is 5.38. The number of anilines is 2. The number of hydrogen-bond donors (Lipinski definition) is 2. The maximum Gasteiger partial charge on any atom is 0.324 e. The molecule has 96 valence electrons. The van der Waals surface area contributed by atoms with Gasteiger partial charge in [0.05, 0.1) is 13.2 Å². The molecule has 8 nitrogen and oxygen atoms in total. The van der Waals surface area contributed by atoms with Crippen molar-refractivity contribution >= 4 is 11.9 Å². The summed E-state index contributed by atoms with van der Waals surface area (Å²) in [7, 11) is 0. The SMILES string of the molecule is C#CCOc1nc(NN)nc(N2CCOCC2)n1. The second-order valence-electron chi connectivity index (χ2n) is 3.48. The van der Waals surface area contributed by atoms with Crippen LogP contribution in [0.5, 0.6) is 6.01 Å². The monoisotopic (exact) mass is 250 g/mol. The molecule has 1 saturated heterocycles. The fraction of sp³-hybridized carbons (Fsp3) is 0.500. The van der Waals surface area contributed by atoms with Crippen LogP contribution in [0.3, 0.4) is 0 Å². The van der Waals surface area contributed by atoms with Crippen molar-refractivity contribution in [3.8, 4) is 18.4 Å². The van der Waals surface area contributed by atoms with E-state index in [0.717, 1.165) is 0 Å². The summed E-state index contributed by atoms with van der Waals surface area (Å²) < 4.78 is 10.4. The van der Waals surface area contributed by atoms with Crippen molar-refractivity contribution in [3.05, 3.63) is 0 Å². The summed E-state index contributed by atoms with van der Waals surface area (Å²) in [5.74, 6) is 8.38. The zero-order valence-electron chi connectivity index (χ0n) is 9.80. The lowest BCUT2D eigenvalue weighted by Crippen LogP contribution is -2.37. The molecule has 0 saturated carbocycles. The average Bonchev–Trinajstić information content (AvgIpc) is 2.45. The van der Waals surface area contributed by atoms with E-state index >= 15 is 0 Å². The molecule has 0 spiro atoms. The number of nitrogens with two attached hydrogens (primary N) is 1. The number of nitrogens with zero attached hydrogens (tertiary/aromatic N) is 4. The van der Waals surface area contributed by atoms with Crippen molar-refractivity contribution in [1.82, 2.24) is 15.0 Å². The smallest absolute Gasteiger partial charge is 0.324 e. The van der Waals surface area contributed by atoms with Crippen LogP contribution >= 0.6 is 0 Å². The Morgan fingerprint density at radius 1 is 1.39 bits per heavy atom. The second kappa shape index (κ2) is 6.00. The molecule has 0 bridgehead atoms. The van der Waals surface area contributed by atoms with Gasteiger partial charge in [0, 0.05) is 13.1 Å². The number of aromatic nitrogens is 3.